The first-order valence-electron chi connectivity index (χ1n) is 3.81. The van der Waals surface area contributed by atoms with Gasteiger partial charge in [-0.3, -0.25) is 4.79 Å². The van der Waals surface area contributed by atoms with Gasteiger partial charge in [-0.05, 0) is 0 Å². The maximum Gasteiger partial charge on any atom is 3.00 e. The van der Waals surface area contributed by atoms with Gasteiger partial charge in [-0.15, -0.1) is 13.1 Å². The smallest absolute Gasteiger partial charge is 0.659 e. The first kappa shape index (κ1) is 13.0. The van der Waals surface area contributed by atoms with Crippen LogP contribution in [-0.2, 0) is 37.5 Å². The average molecular weight is 309 g/mol. The number of carbonyl (C=O) groups is 1. The molecule has 0 radical (unpaired) electrons. The summed E-state index contributed by atoms with van der Waals surface area (Å²) < 4.78 is 0. The quantitative estimate of drug-likeness (QED) is 0.700. The Balaban J connectivity index is 0.00000121. The second-order valence-electron chi connectivity index (χ2n) is 2.49. The van der Waals surface area contributed by atoms with Crippen molar-refractivity contribution in [3.05, 3.63) is 5.32 Å². The van der Waals surface area contributed by atoms with Gasteiger partial charge >= 0.3 is 32.7 Å². The molecule has 1 saturated heterocycles. The van der Waals surface area contributed by atoms with Crippen LogP contribution in [0.15, 0.2) is 0 Å². The molecule has 0 unspecified atom stereocenters. The molecule has 3 nitrogen and oxygen atoms in total. The number of halogens is 1. The molecule has 0 atom stereocenters. The van der Waals surface area contributed by atoms with Crippen LogP contribution in [0, 0.1) is 0 Å². The molecule has 1 rings (SSSR count). The predicted octanol–water partition coefficient (Wildman–Crippen LogP) is 0.985. The summed E-state index contributed by atoms with van der Waals surface area (Å²) in [6.07, 6.45) is 0.611. The summed E-state index contributed by atoms with van der Waals surface area (Å²) in [6, 6.07) is 0. The molecule has 0 aromatic heterocycles. The maximum atomic E-state index is 11.3. The minimum Gasteiger partial charge on any atom is -0.659 e. The molecule has 1 aliphatic rings. The molecule has 0 N–H and O–H groups in total. The van der Waals surface area contributed by atoms with Gasteiger partial charge in [-0.2, -0.15) is 0 Å². The Kier molecular flexibility index (Phi) is 8.05. The van der Waals surface area contributed by atoms with E-state index < -0.39 is 0 Å². The Hall–Kier alpha value is 1.01. The standard InChI is InChI=1S/C7H12BrN2O.Y/c8-2-1-7(11)10-5-3-9-4-6-10;/h1-6H2;/q-1;+3. The molecule has 5 heteroatoms. The number of piperazine rings is 1. The minimum atomic E-state index is 0. The van der Waals surface area contributed by atoms with Gasteiger partial charge in [0.2, 0.25) is 5.91 Å². The Labute approximate surface area is 107 Å². The van der Waals surface area contributed by atoms with Crippen molar-refractivity contribution in [2.24, 2.45) is 0 Å². The van der Waals surface area contributed by atoms with Crippen LogP contribution in [0.25, 0.3) is 5.32 Å². The van der Waals surface area contributed by atoms with Crippen molar-refractivity contribution in [1.82, 2.24) is 4.90 Å². The second kappa shape index (κ2) is 7.42. The molecule has 12 heavy (non-hydrogen) atoms. The SMILES string of the molecule is O=C(CCBr)N1CC[N-]CC1.[Y+3]. The minimum absolute atomic E-state index is 0. The zero-order valence-corrected chi connectivity index (χ0v) is 11.4. The van der Waals surface area contributed by atoms with Crippen molar-refractivity contribution >= 4 is 21.8 Å². The number of hydrogen-bond donors (Lipinski definition) is 0. The van der Waals surface area contributed by atoms with Gasteiger partial charge in [-0.25, -0.2) is 0 Å². The van der Waals surface area contributed by atoms with Gasteiger partial charge in [-0.1, -0.05) is 15.9 Å². The van der Waals surface area contributed by atoms with Gasteiger partial charge in [0.15, 0.2) is 0 Å². The normalized spacial score (nSPS) is 16.9. The van der Waals surface area contributed by atoms with Crippen molar-refractivity contribution in [1.29, 1.82) is 0 Å². The van der Waals surface area contributed by atoms with E-state index in [0.717, 1.165) is 31.5 Å². The number of amides is 1. The molecule has 0 bridgehead atoms. The average Bonchev–Trinajstić information content (AvgIpc) is 2.07. The van der Waals surface area contributed by atoms with E-state index in [2.05, 4.69) is 21.2 Å². The zero-order chi connectivity index (χ0) is 8.10. The number of alkyl halides is 1. The Morgan fingerprint density at radius 2 is 2.00 bits per heavy atom. The van der Waals surface area contributed by atoms with Gasteiger partial charge < -0.3 is 10.2 Å². The molecule has 1 fully saturated rings. The third kappa shape index (κ3) is 4.31. The summed E-state index contributed by atoms with van der Waals surface area (Å²) in [7, 11) is 0. The van der Waals surface area contributed by atoms with Crippen molar-refractivity contribution in [2.45, 2.75) is 6.42 Å². The van der Waals surface area contributed by atoms with Gasteiger partial charge in [0.25, 0.3) is 0 Å². The first-order valence-corrected chi connectivity index (χ1v) is 4.93. The third-order valence-corrected chi connectivity index (χ3v) is 2.11. The van der Waals surface area contributed by atoms with Crippen LogP contribution in [0.2, 0.25) is 0 Å². The third-order valence-electron chi connectivity index (χ3n) is 1.72. The van der Waals surface area contributed by atoms with E-state index in [1.807, 2.05) is 4.90 Å². The van der Waals surface area contributed by atoms with Gasteiger partial charge in [0, 0.05) is 24.8 Å². The number of rotatable bonds is 2. The van der Waals surface area contributed by atoms with Crippen molar-refractivity contribution in [3.63, 3.8) is 0 Å². The van der Waals surface area contributed by atoms with E-state index in [9.17, 15) is 4.79 Å². The molecule has 0 saturated carbocycles. The number of nitrogens with zero attached hydrogens (tertiary/aromatic N) is 2. The van der Waals surface area contributed by atoms with E-state index >= 15 is 0 Å². The van der Waals surface area contributed by atoms with Crippen molar-refractivity contribution in [2.75, 3.05) is 31.5 Å². The predicted molar refractivity (Wildman–Crippen MR) is 48.1 cm³/mol. The van der Waals surface area contributed by atoms with E-state index in [1.54, 1.807) is 0 Å². The molecule has 0 aliphatic carbocycles. The molecular formula is C7H12BrN2OY+2. The Bertz CT molecular complexity index is 139. The summed E-state index contributed by atoms with van der Waals surface area (Å²) in [5.41, 5.74) is 0. The molecule has 1 aliphatic heterocycles. The fraction of sp³-hybridized carbons (Fsp3) is 0.857. The van der Waals surface area contributed by atoms with E-state index in [1.165, 1.54) is 0 Å². The van der Waals surface area contributed by atoms with Crippen LogP contribution in [0.5, 0.6) is 0 Å². The molecule has 64 valence electrons. The molecule has 0 spiro atoms. The largest absolute Gasteiger partial charge is 3.00 e. The summed E-state index contributed by atoms with van der Waals surface area (Å²) in [4.78, 5) is 13.1. The van der Waals surface area contributed by atoms with Crippen LogP contribution in [0.1, 0.15) is 6.42 Å². The van der Waals surface area contributed by atoms with Crippen molar-refractivity contribution < 1.29 is 37.5 Å². The summed E-state index contributed by atoms with van der Waals surface area (Å²) in [5.74, 6) is 0.247. The monoisotopic (exact) mass is 308 g/mol. The molecule has 0 aromatic rings. The summed E-state index contributed by atoms with van der Waals surface area (Å²) >= 11 is 3.25. The maximum absolute atomic E-state index is 11.3. The van der Waals surface area contributed by atoms with Crippen molar-refractivity contribution in [3.8, 4) is 0 Å². The summed E-state index contributed by atoms with van der Waals surface area (Å²) in [5, 5.41) is 4.93. The molecule has 1 heterocycles. The first-order chi connectivity index (χ1) is 5.34. The van der Waals surface area contributed by atoms with Gasteiger partial charge in [0.1, 0.15) is 0 Å². The van der Waals surface area contributed by atoms with E-state index in [0.29, 0.717) is 6.42 Å². The van der Waals surface area contributed by atoms with Gasteiger partial charge in [0.05, 0.1) is 0 Å². The van der Waals surface area contributed by atoms with E-state index in [-0.39, 0.29) is 38.6 Å². The van der Waals surface area contributed by atoms with E-state index in [4.69, 9.17) is 0 Å². The summed E-state index contributed by atoms with van der Waals surface area (Å²) in [6.45, 7) is 3.25. The molecular weight excluding hydrogens is 297 g/mol. The fourth-order valence-corrected chi connectivity index (χ4v) is 1.43. The number of hydrogen-bond acceptors (Lipinski definition) is 1. The second-order valence-corrected chi connectivity index (χ2v) is 3.28. The number of carbonyl (C=O) groups excluding carboxylic acids is 1. The zero-order valence-electron chi connectivity index (χ0n) is 7.00. The van der Waals surface area contributed by atoms with Crippen LogP contribution in [0.4, 0.5) is 0 Å². The fourth-order valence-electron chi connectivity index (χ4n) is 1.09. The topological polar surface area (TPSA) is 34.4 Å². The Morgan fingerprint density at radius 1 is 1.42 bits per heavy atom. The molecule has 1 amide bonds. The van der Waals surface area contributed by atoms with Crippen LogP contribution < -0.4 is 0 Å². The Morgan fingerprint density at radius 3 is 2.50 bits per heavy atom. The van der Waals surface area contributed by atoms with Crippen LogP contribution >= 0.6 is 15.9 Å². The van der Waals surface area contributed by atoms with Crippen LogP contribution in [-0.4, -0.2) is 42.3 Å². The molecule has 0 aromatic carbocycles. The van der Waals surface area contributed by atoms with Crippen LogP contribution in [0.3, 0.4) is 0 Å².